The molecule has 0 atom stereocenters. The standard InChI is InChI=1S/C21H32N4OS/c1-21(2)15-25(11-12-27-21)20(22-3)23-14-16-7-6-10-18(13-16)24-19(26)17-8-4-5-9-17/h6-7,10,13,17H,4-5,8-9,11-12,14-15H2,1-3H3,(H,22,23)(H,24,26). The van der Waals surface area contributed by atoms with Crippen LogP contribution in [-0.2, 0) is 11.3 Å². The molecule has 27 heavy (non-hydrogen) atoms. The molecule has 1 amide bonds. The minimum Gasteiger partial charge on any atom is -0.352 e. The monoisotopic (exact) mass is 388 g/mol. The highest BCUT2D eigenvalue weighted by Crippen LogP contribution is 2.29. The Kier molecular flexibility index (Phi) is 6.68. The normalized spacial score (nSPS) is 20.6. The topological polar surface area (TPSA) is 56.7 Å². The summed E-state index contributed by atoms with van der Waals surface area (Å²) < 4.78 is 0.250. The quantitative estimate of drug-likeness (QED) is 0.610. The number of nitrogens with one attached hydrogen (secondary N) is 2. The first kappa shape index (κ1) is 20.1. The molecule has 0 unspecified atom stereocenters. The largest absolute Gasteiger partial charge is 0.352 e. The number of nitrogens with zero attached hydrogens (tertiary/aromatic N) is 2. The average molecular weight is 389 g/mol. The number of thioether (sulfide) groups is 1. The summed E-state index contributed by atoms with van der Waals surface area (Å²) in [5, 5.41) is 6.57. The molecule has 1 saturated carbocycles. The van der Waals surface area contributed by atoms with Crippen molar-refractivity contribution in [3.63, 3.8) is 0 Å². The fourth-order valence-corrected chi connectivity index (χ4v) is 5.01. The van der Waals surface area contributed by atoms with Gasteiger partial charge >= 0.3 is 0 Å². The Labute approximate surface area is 167 Å². The molecule has 2 aliphatic rings. The van der Waals surface area contributed by atoms with E-state index in [1.54, 1.807) is 0 Å². The molecule has 1 heterocycles. The van der Waals surface area contributed by atoms with E-state index in [9.17, 15) is 4.79 Å². The van der Waals surface area contributed by atoms with Crippen LogP contribution in [0.2, 0.25) is 0 Å². The summed E-state index contributed by atoms with van der Waals surface area (Å²) in [5.74, 6) is 2.42. The number of amides is 1. The van der Waals surface area contributed by atoms with Crippen molar-refractivity contribution >= 4 is 29.3 Å². The lowest BCUT2D eigenvalue weighted by atomic mass is 10.1. The molecule has 6 heteroatoms. The minimum atomic E-state index is 0.168. The van der Waals surface area contributed by atoms with Crippen LogP contribution in [0.15, 0.2) is 29.3 Å². The maximum atomic E-state index is 12.4. The Bertz CT molecular complexity index is 683. The molecule has 3 rings (SSSR count). The summed E-state index contributed by atoms with van der Waals surface area (Å²) in [7, 11) is 1.84. The molecule has 0 bridgehead atoms. The highest BCUT2D eigenvalue weighted by atomic mass is 32.2. The Morgan fingerprint density at radius 1 is 1.33 bits per heavy atom. The Balaban J connectivity index is 1.56. The molecular formula is C21H32N4OS. The van der Waals surface area contributed by atoms with Gasteiger partial charge in [0.1, 0.15) is 0 Å². The van der Waals surface area contributed by atoms with Crippen molar-refractivity contribution in [3.8, 4) is 0 Å². The summed E-state index contributed by atoms with van der Waals surface area (Å²) in [6, 6.07) is 8.12. The molecule has 1 aliphatic carbocycles. The SMILES string of the molecule is CN=C(NCc1cccc(NC(=O)C2CCCC2)c1)N1CCSC(C)(C)C1. The second-order valence-corrected chi connectivity index (χ2v) is 9.90. The van der Waals surface area contributed by atoms with E-state index in [0.717, 1.165) is 48.9 Å². The van der Waals surface area contributed by atoms with Gasteiger partial charge in [0.15, 0.2) is 5.96 Å². The van der Waals surface area contributed by atoms with Crippen LogP contribution in [0.1, 0.15) is 45.1 Å². The number of hydrogen-bond acceptors (Lipinski definition) is 3. The number of hydrogen-bond donors (Lipinski definition) is 2. The van der Waals surface area contributed by atoms with Crippen LogP contribution in [0.3, 0.4) is 0 Å². The van der Waals surface area contributed by atoms with Crippen LogP contribution in [0.25, 0.3) is 0 Å². The Morgan fingerprint density at radius 3 is 2.81 bits per heavy atom. The summed E-state index contributed by atoms with van der Waals surface area (Å²) in [5.41, 5.74) is 2.03. The molecule has 2 fully saturated rings. The van der Waals surface area contributed by atoms with Gasteiger partial charge in [-0.1, -0.05) is 25.0 Å². The molecule has 5 nitrogen and oxygen atoms in total. The lowest BCUT2D eigenvalue weighted by Crippen LogP contribution is -2.50. The molecular weight excluding hydrogens is 356 g/mol. The van der Waals surface area contributed by atoms with E-state index in [-0.39, 0.29) is 16.6 Å². The molecule has 0 spiro atoms. The number of anilines is 1. The fourth-order valence-electron chi connectivity index (χ4n) is 3.90. The van der Waals surface area contributed by atoms with E-state index in [4.69, 9.17) is 0 Å². The van der Waals surface area contributed by atoms with Gasteiger partial charge in [0, 0.05) is 48.8 Å². The summed E-state index contributed by atoms with van der Waals surface area (Å²) in [6.07, 6.45) is 4.39. The van der Waals surface area contributed by atoms with Crippen molar-refractivity contribution in [3.05, 3.63) is 29.8 Å². The number of rotatable bonds is 4. The van der Waals surface area contributed by atoms with E-state index >= 15 is 0 Å². The predicted octanol–water partition coefficient (Wildman–Crippen LogP) is 3.72. The van der Waals surface area contributed by atoms with E-state index in [2.05, 4.69) is 46.5 Å². The van der Waals surface area contributed by atoms with E-state index in [1.807, 2.05) is 30.9 Å². The maximum Gasteiger partial charge on any atom is 0.227 e. The van der Waals surface area contributed by atoms with Gasteiger partial charge in [-0.2, -0.15) is 11.8 Å². The predicted molar refractivity (Wildman–Crippen MR) is 115 cm³/mol. The van der Waals surface area contributed by atoms with E-state index < -0.39 is 0 Å². The number of carbonyl (C=O) groups is 1. The van der Waals surface area contributed by atoms with Crippen molar-refractivity contribution in [2.24, 2.45) is 10.9 Å². The van der Waals surface area contributed by atoms with Gasteiger partial charge < -0.3 is 15.5 Å². The van der Waals surface area contributed by atoms with Crippen LogP contribution in [0, 0.1) is 5.92 Å². The molecule has 0 aromatic heterocycles. The lowest BCUT2D eigenvalue weighted by molar-refractivity contribution is -0.119. The Morgan fingerprint density at radius 2 is 2.11 bits per heavy atom. The Hall–Kier alpha value is -1.69. The van der Waals surface area contributed by atoms with Crippen molar-refractivity contribution in [1.29, 1.82) is 0 Å². The average Bonchev–Trinajstić information content (AvgIpc) is 3.17. The van der Waals surface area contributed by atoms with Crippen molar-refractivity contribution in [2.75, 3.05) is 31.2 Å². The zero-order valence-corrected chi connectivity index (χ0v) is 17.6. The molecule has 148 valence electrons. The first-order valence-electron chi connectivity index (χ1n) is 9.96. The molecule has 1 aromatic rings. The number of guanidine groups is 1. The summed E-state index contributed by atoms with van der Waals surface area (Å²) in [6.45, 7) is 7.28. The third-order valence-corrected chi connectivity index (χ3v) is 6.61. The van der Waals surface area contributed by atoms with Crippen LogP contribution in [0.5, 0.6) is 0 Å². The number of carbonyl (C=O) groups excluding carboxylic acids is 1. The van der Waals surface area contributed by atoms with Crippen molar-refractivity contribution in [2.45, 2.75) is 50.8 Å². The first-order valence-corrected chi connectivity index (χ1v) is 10.9. The number of aliphatic imine (C=N–C) groups is 1. The molecule has 1 aliphatic heterocycles. The van der Waals surface area contributed by atoms with Gasteiger partial charge in [-0.05, 0) is 44.4 Å². The fraction of sp³-hybridized carbons (Fsp3) is 0.619. The van der Waals surface area contributed by atoms with Gasteiger partial charge in [-0.25, -0.2) is 0 Å². The minimum absolute atomic E-state index is 0.168. The van der Waals surface area contributed by atoms with Gasteiger partial charge in [0.25, 0.3) is 0 Å². The zero-order chi connectivity index (χ0) is 19.3. The molecule has 2 N–H and O–H groups in total. The second kappa shape index (κ2) is 9.00. The van der Waals surface area contributed by atoms with Gasteiger partial charge in [-0.3, -0.25) is 9.79 Å². The van der Waals surface area contributed by atoms with Crippen LogP contribution < -0.4 is 10.6 Å². The smallest absolute Gasteiger partial charge is 0.227 e. The molecule has 1 aromatic carbocycles. The molecule has 0 radical (unpaired) electrons. The summed E-state index contributed by atoms with van der Waals surface area (Å²) >= 11 is 2.02. The van der Waals surface area contributed by atoms with Crippen molar-refractivity contribution in [1.82, 2.24) is 10.2 Å². The maximum absolute atomic E-state index is 12.4. The third-order valence-electron chi connectivity index (χ3n) is 5.31. The van der Waals surface area contributed by atoms with Crippen molar-refractivity contribution < 1.29 is 4.79 Å². The van der Waals surface area contributed by atoms with Gasteiger partial charge in [0.2, 0.25) is 5.91 Å². The third kappa shape index (κ3) is 5.64. The lowest BCUT2D eigenvalue weighted by Gasteiger charge is -2.39. The van der Waals surface area contributed by atoms with Crippen LogP contribution in [0.4, 0.5) is 5.69 Å². The van der Waals surface area contributed by atoms with E-state index in [1.165, 1.54) is 12.8 Å². The number of benzene rings is 1. The van der Waals surface area contributed by atoms with E-state index in [0.29, 0.717) is 6.54 Å². The highest BCUT2D eigenvalue weighted by Gasteiger charge is 2.28. The highest BCUT2D eigenvalue weighted by molar-refractivity contribution is 8.00. The first-order chi connectivity index (χ1) is 13.0. The van der Waals surface area contributed by atoms with Gasteiger partial charge in [-0.15, -0.1) is 0 Å². The zero-order valence-electron chi connectivity index (χ0n) is 16.8. The summed E-state index contributed by atoms with van der Waals surface area (Å²) in [4.78, 5) is 19.2. The molecule has 1 saturated heterocycles. The van der Waals surface area contributed by atoms with Gasteiger partial charge in [0.05, 0.1) is 0 Å². The van der Waals surface area contributed by atoms with Crippen LogP contribution >= 0.6 is 11.8 Å². The second-order valence-electron chi connectivity index (χ2n) is 8.10. The van der Waals surface area contributed by atoms with Crippen LogP contribution in [-0.4, -0.2) is 47.4 Å².